The highest BCUT2D eigenvalue weighted by Gasteiger charge is 2.24. The average Bonchev–Trinajstić information content (AvgIpc) is 3.06. The van der Waals surface area contributed by atoms with Gasteiger partial charge in [-0.25, -0.2) is 0 Å². The van der Waals surface area contributed by atoms with Gasteiger partial charge in [-0.3, -0.25) is 9.59 Å². The summed E-state index contributed by atoms with van der Waals surface area (Å²) in [5.41, 5.74) is 2.53. The molecule has 0 unspecified atom stereocenters. The molecule has 36 heavy (non-hydrogen) atoms. The zero-order valence-electron chi connectivity index (χ0n) is 20.6. The normalized spacial score (nSPS) is 12.7. The Morgan fingerprint density at radius 3 is 2.36 bits per heavy atom. The molecule has 4 rings (SSSR count). The summed E-state index contributed by atoms with van der Waals surface area (Å²) in [7, 11) is 6.19. The second-order valence-electron chi connectivity index (χ2n) is 8.07. The number of anilines is 1. The molecule has 1 aliphatic rings. The number of nitrogens with zero attached hydrogens (tertiary/aromatic N) is 1. The molecule has 1 heterocycles. The number of amides is 2. The summed E-state index contributed by atoms with van der Waals surface area (Å²) in [5, 5.41) is 2.89. The first-order valence-electron chi connectivity index (χ1n) is 11.2. The van der Waals surface area contributed by atoms with Crippen LogP contribution < -0.4 is 29.0 Å². The van der Waals surface area contributed by atoms with Crippen LogP contribution in [0.15, 0.2) is 54.6 Å². The quantitative estimate of drug-likeness (QED) is 0.510. The fraction of sp³-hybridized carbons (Fsp3) is 0.259. The molecule has 0 atom stereocenters. The van der Waals surface area contributed by atoms with Gasteiger partial charge in [-0.05, 0) is 36.4 Å². The summed E-state index contributed by atoms with van der Waals surface area (Å²) in [6.45, 7) is 0.516. The molecule has 188 valence electrons. The third-order valence-electron chi connectivity index (χ3n) is 5.84. The molecule has 0 spiro atoms. The van der Waals surface area contributed by atoms with Gasteiger partial charge in [-0.1, -0.05) is 12.1 Å². The van der Waals surface area contributed by atoms with E-state index in [0.717, 1.165) is 11.1 Å². The van der Waals surface area contributed by atoms with Gasteiger partial charge in [0.2, 0.25) is 0 Å². The van der Waals surface area contributed by atoms with Gasteiger partial charge in [0.05, 0.1) is 28.4 Å². The Hall–Kier alpha value is -4.40. The molecule has 1 aliphatic heterocycles. The lowest BCUT2D eigenvalue weighted by atomic mass is 10.1. The fourth-order valence-corrected chi connectivity index (χ4v) is 4.02. The largest absolute Gasteiger partial charge is 0.497 e. The van der Waals surface area contributed by atoms with E-state index < -0.39 is 0 Å². The van der Waals surface area contributed by atoms with Crippen molar-refractivity contribution in [2.24, 2.45) is 0 Å². The van der Waals surface area contributed by atoms with Crippen LogP contribution >= 0.6 is 0 Å². The van der Waals surface area contributed by atoms with Crippen molar-refractivity contribution in [3.05, 3.63) is 71.3 Å². The van der Waals surface area contributed by atoms with Gasteiger partial charge in [0, 0.05) is 41.5 Å². The second-order valence-corrected chi connectivity index (χ2v) is 8.07. The number of methoxy groups -OCH3 is 4. The van der Waals surface area contributed by atoms with Crippen LogP contribution in [-0.2, 0) is 17.9 Å². The lowest BCUT2D eigenvalue weighted by Gasteiger charge is -2.22. The zero-order chi connectivity index (χ0) is 25.7. The van der Waals surface area contributed by atoms with Gasteiger partial charge in [-0.15, -0.1) is 0 Å². The van der Waals surface area contributed by atoms with Gasteiger partial charge in [0.15, 0.2) is 18.1 Å². The standard InChI is InChI=1S/C27H28N2O7/c1-32-21-11-18(12-22(13-21)33-2)27(31)28-20-8-9-23-19(10-20)15-29(25(30)16-36-23)14-17-6-5-7-24(34-3)26(17)35-4/h5-13H,14-16H2,1-4H3,(H,28,31). The summed E-state index contributed by atoms with van der Waals surface area (Å²) in [5.74, 6) is 2.29. The van der Waals surface area contributed by atoms with Crippen molar-refractivity contribution < 1.29 is 33.3 Å². The van der Waals surface area contributed by atoms with Gasteiger partial charge in [0.25, 0.3) is 11.8 Å². The second kappa shape index (κ2) is 10.9. The summed E-state index contributed by atoms with van der Waals surface area (Å²) in [6, 6.07) is 15.8. The third kappa shape index (κ3) is 5.30. The molecule has 0 aliphatic carbocycles. The molecular formula is C27H28N2O7. The smallest absolute Gasteiger partial charge is 0.261 e. The van der Waals surface area contributed by atoms with Crippen LogP contribution in [0.4, 0.5) is 5.69 Å². The highest BCUT2D eigenvalue weighted by atomic mass is 16.5. The predicted molar refractivity (Wildman–Crippen MR) is 133 cm³/mol. The van der Waals surface area contributed by atoms with Crippen molar-refractivity contribution in [3.63, 3.8) is 0 Å². The molecule has 0 fully saturated rings. The van der Waals surface area contributed by atoms with Crippen LogP contribution in [0.3, 0.4) is 0 Å². The highest BCUT2D eigenvalue weighted by Crippen LogP contribution is 2.33. The maximum absolute atomic E-state index is 12.9. The molecule has 1 N–H and O–H groups in total. The number of nitrogens with one attached hydrogen (secondary N) is 1. The van der Waals surface area contributed by atoms with E-state index in [2.05, 4.69) is 5.32 Å². The Labute approximate surface area is 209 Å². The monoisotopic (exact) mass is 492 g/mol. The van der Waals surface area contributed by atoms with Crippen LogP contribution in [-0.4, -0.2) is 51.8 Å². The lowest BCUT2D eigenvalue weighted by molar-refractivity contribution is -0.133. The Morgan fingerprint density at radius 1 is 0.944 bits per heavy atom. The van der Waals surface area contributed by atoms with E-state index in [9.17, 15) is 9.59 Å². The first-order chi connectivity index (χ1) is 17.4. The molecule has 9 heteroatoms. The van der Waals surface area contributed by atoms with Crippen LogP contribution in [0, 0.1) is 0 Å². The van der Waals surface area contributed by atoms with Crippen LogP contribution in [0.5, 0.6) is 28.7 Å². The van der Waals surface area contributed by atoms with E-state index in [4.69, 9.17) is 23.7 Å². The first-order valence-corrected chi connectivity index (χ1v) is 11.2. The summed E-state index contributed by atoms with van der Waals surface area (Å²) >= 11 is 0. The predicted octanol–water partition coefficient (Wildman–Crippen LogP) is 3.89. The number of ether oxygens (including phenoxy) is 5. The number of para-hydroxylation sites is 1. The summed E-state index contributed by atoms with van der Waals surface area (Å²) in [6.07, 6.45) is 0. The molecule has 0 saturated heterocycles. The first kappa shape index (κ1) is 24.7. The number of fused-ring (bicyclic) bond motifs is 1. The fourth-order valence-electron chi connectivity index (χ4n) is 4.02. The molecule has 3 aromatic rings. The van der Waals surface area contributed by atoms with Gasteiger partial charge >= 0.3 is 0 Å². The number of rotatable bonds is 8. The number of carbonyl (C=O) groups excluding carboxylic acids is 2. The maximum Gasteiger partial charge on any atom is 0.261 e. The Balaban J connectivity index is 1.56. The van der Waals surface area contributed by atoms with Crippen LogP contribution in [0.2, 0.25) is 0 Å². The van der Waals surface area contributed by atoms with E-state index in [1.54, 1.807) is 61.6 Å². The zero-order valence-corrected chi connectivity index (χ0v) is 20.6. The van der Waals surface area contributed by atoms with Crippen molar-refractivity contribution in [1.82, 2.24) is 4.90 Å². The van der Waals surface area contributed by atoms with E-state index in [1.807, 2.05) is 12.1 Å². The van der Waals surface area contributed by atoms with Gasteiger partial charge < -0.3 is 33.9 Å². The molecule has 0 bridgehead atoms. The topological polar surface area (TPSA) is 95.6 Å². The number of carbonyl (C=O) groups is 2. The minimum atomic E-state index is -0.323. The molecule has 0 saturated carbocycles. The van der Waals surface area contributed by atoms with Crippen molar-refractivity contribution in [3.8, 4) is 28.7 Å². The molecule has 9 nitrogen and oxygen atoms in total. The van der Waals surface area contributed by atoms with E-state index in [-0.39, 0.29) is 18.4 Å². The van der Waals surface area contributed by atoms with Crippen molar-refractivity contribution in [1.29, 1.82) is 0 Å². The molecule has 0 aromatic heterocycles. The summed E-state index contributed by atoms with van der Waals surface area (Å²) in [4.78, 5) is 27.5. The van der Waals surface area contributed by atoms with Crippen LogP contribution in [0.25, 0.3) is 0 Å². The molecular weight excluding hydrogens is 464 g/mol. The van der Waals surface area contributed by atoms with Crippen molar-refractivity contribution >= 4 is 17.5 Å². The Bertz CT molecular complexity index is 1250. The number of hydrogen-bond donors (Lipinski definition) is 1. The van der Waals surface area contributed by atoms with E-state index in [1.165, 1.54) is 14.2 Å². The SMILES string of the molecule is COc1cc(OC)cc(C(=O)Nc2ccc3c(c2)CN(Cc2cccc(OC)c2OC)C(=O)CO3)c1. The average molecular weight is 493 g/mol. The Kier molecular flexibility index (Phi) is 7.48. The Morgan fingerprint density at radius 2 is 1.69 bits per heavy atom. The molecule has 0 radical (unpaired) electrons. The summed E-state index contributed by atoms with van der Waals surface area (Å²) < 4.78 is 27.2. The number of benzene rings is 3. The highest BCUT2D eigenvalue weighted by molar-refractivity contribution is 6.05. The van der Waals surface area contributed by atoms with E-state index in [0.29, 0.717) is 53.1 Å². The van der Waals surface area contributed by atoms with Gasteiger partial charge in [-0.2, -0.15) is 0 Å². The molecule has 3 aromatic carbocycles. The van der Waals surface area contributed by atoms with E-state index >= 15 is 0 Å². The van der Waals surface area contributed by atoms with Crippen LogP contribution in [0.1, 0.15) is 21.5 Å². The van der Waals surface area contributed by atoms with Gasteiger partial charge in [0.1, 0.15) is 17.2 Å². The minimum absolute atomic E-state index is 0.0887. The molecule has 2 amide bonds. The van der Waals surface area contributed by atoms with Crippen molar-refractivity contribution in [2.45, 2.75) is 13.1 Å². The number of hydrogen-bond acceptors (Lipinski definition) is 7. The maximum atomic E-state index is 12.9. The minimum Gasteiger partial charge on any atom is -0.497 e. The lowest BCUT2D eigenvalue weighted by Crippen LogP contribution is -2.32. The third-order valence-corrected chi connectivity index (χ3v) is 5.84. The van der Waals surface area contributed by atoms with Crippen molar-refractivity contribution in [2.75, 3.05) is 40.4 Å².